The first-order valence-electron chi connectivity index (χ1n) is 9.70. The zero-order chi connectivity index (χ0) is 23.1. The molecule has 0 N–H and O–H groups in total. The zero-order valence-corrected chi connectivity index (χ0v) is 17.9. The maximum atomic E-state index is 14.5. The van der Waals surface area contributed by atoms with Gasteiger partial charge in [-0.1, -0.05) is 23.7 Å². The number of hydroxylamine groups is 1. The zero-order valence-electron chi connectivity index (χ0n) is 17.2. The Morgan fingerprint density at radius 1 is 1.25 bits per heavy atom. The van der Waals surface area contributed by atoms with Crippen molar-refractivity contribution in [3.8, 4) is 0 Å². The van der Waals surface area contributed by atoms with Crippen LogP contribution in [0.5, 0.6) is 0 Å². The molecular weight excluding hydrogens is 443 g/mol. The molecule has 0 bridgehead atoms. The lowest BCUT2D eigenvalue weighted by Crippen LogP contribution is -2.32. The van der Waals surface area contributed by atoms with Gasteiger partial charge in [-0.25, -0.2) is 9.38 Å². The summed E-state index contributed by atoms with van der Waals surface area (Å²) in [6.07, 6.45) is 1.28. The van der Waals surface area contributed by atoms with Gasteiger partial charge in [0.2, 0.25) is 18.0 Å². The van der Waals surface area contributed by atoms with E-state index in [0.29, 0.717) is 29.2 Å². The molecule has 0 aromatic heterocycles. The number of benzene rings is 2. The van der Waals surface area contributed by atoms with Crippen molar-refractivity contribution in [1.82, 2.24) is 0 Å². The predicted octanol–water partition coefficient (Wildman–Crippen LogP) is 3.95. The first-order valence-corrected chi connectivity index (χ1v) is 10.1. The second-order valence-electron chi connectivity index (χ2n) is 6.79. The number of halogens is 2. The number of hydrogen-bond acceptors (Lipinski definition) is 7. The van der Waals surface area contributed by atoms with Gasteiger partial charge in [0.15, 0.2) is 5.16 Å². The monoisotopic (exact) mass is 462 g/mol. The predicted molar refractivity (Wildman–Crippen MR) is 118 cm³/mol. The molecule has 0 unspecified atom stereocenters. The Hall–Kier alpha value is -3.37. The van der Waals surface area contributed by atoms with Crippen molar-refractivity contribution in [2.45, 2.75) is 12.8 Å². The molecule has 0 spiro atoms. The van der Waals surface area contributed by atoms with Crippen molar-refractivity contribution in [3.63, 3.8) is 0 Å². The molecule has 0 amide bonds. The van der Waals surface area contributed by atoms with Gasteiger partial charge in [0.1, 0.15) is 12.4 Å². The lowest BCUT2D eigenvalue weighted by atomic mass is 10.00. The molecule has 1 aliphatic rings. The largest absolute Gasteiger partial charge is 0.623 e. The van der Waals surface area contributed by atoms with Crippen LogP contribution in [0.15, 0.2) is 52.6 Å². The van der Waals surface area contributed by atoms with Crippen LogP contribution in [-0.2, 0) is 9.57 Å². The van der Waals surface area contributed by atoms with Gasteiger partial charge >= 0.3 is 5.84 Å². The van der Waals surface area contributed by atoms with Gasteiger partial charge < -0.3 is 20.1 Å². The van der Waals surface area contributed by atoms with Gasteiger partial charge in [0.25, 0.3) is 0 Å². The molecule has 3 rings (SSSR count). The van der Waals surface area contributed by atoms with E-state index in [-0.39, 0.29) is 34.8 Å². The molecule has 168 valence electrons. The molecule has 1 aliphatic heterocycles. The second kappa shape index (κ2) is 10.8. The van der Waals surface area contributed by atoms with Crippen molar-refractivity contribution in [2.75, 3.05) is 26.9 Å². The minimum absolute atomic E-state index is 0.0245. The fraction of sp³-hybridized carbons (Fsp3) is 0.286. The van der Waals surface area contributed by atoms with Gasteiger partial charge in [-0.2, -0.15) is 4.74 Å². The number of rotatable bonds is 8. The summed E-state index contributed by atoms with van der Waals surface area (Å²) >= 11 is 6.10. The third kappa shape index (κ3) is 5.45. The van der Waals surface area contributed by atoms with Crippen LogP contribution in [0.2, 0.25) is 5.02 Å². The number of hydrogen-bond donors (Lipinski definition) is 0. The molecule has 0 saturated heterocycles. The SMILES string of the molecule is COCCCCO/N=C(\C1=Nc2ccc(Cl)cc2C(c2ccccc2F)=[N+]([O-])C1)[N+](=O)[O-]. The van der Waals surface area contributed by atoms with Crippen molar-refractivity contribution < 1.29 is 23.6 Å². The van der Waals surface area contributed by atoms with Gasteiger partial charge in [-0.15, -0.1) is 0 Å². The maximum absolute atomic E-state index is 14.5. The minimum atomic E-state index is -0.772. The Labute approximate surface area is 188 Å². The van der Waals surface area contributed by atoms with Crippen molar-refractivity contribution >= 4 is 34.5 Å². The Kier molecular flexibility index (Phi) is 7.85. The molecule has 2 aromatic carbocycles. The average Bonchev–Trinajstić information content (AvgIpc) is 2.89. The topological polar surface area (TPSA) is 112 Å². The van der Waals surface area contributed by atoms with Crippen molar-refractivity contribution in [3.05, 3.63) is 79.8 Å². The average molecular weight is 463 g/mol. The van der Waals surface area contributed by atoms with Gasteiger partial charge in [0.05, 0.1) is 16.8 Å². The number of oxime groups is 1. The van der Waals surface area contributed by atoms with E-state index >= 15 is 0 Å². The summed E-state index contributed by atoms with van der Waals surface area (Å²) in [5, 5.41) is 28.6. The number of methoxy groups -OCH3 is 1. The third-order valence-electron chi connectivity index (χ3n) is 4.56. The standard InChI is InChI=1S/C21H20ClFN4O5/c1-31-10-4-5-11-32-25-21(27(29)30)19-13-26(28)20(15-6-2-3-7-17(15)23)16-12-14(22)8-9-18(16)24-19/h2-3,6-9,12H,4-5,10-11,13H2,1H3/b25-21+. The lowest BCUT2D eigenvalue weighted by molar-refractivity contribution is -0.439. The maximum Gasteiger partial charge on any atom is 0.437 e. The van der Waals surface area contributed by atoms with E-state index < -0.39 is 23.1 Å². The fourth-order valence-electron chi connectivity index (χ4n) is 3.09. The summed E-state index contributed by atoms with van der Waals surface area (Å²) in [7, 11) is 1.57. The van der Waals surface area contributed by atoms with Crippen LogP contribution in [0.25, 0.3) is 0 Å². The highest BCUT2D eigenvalue weighted by molar-refractivity contribution is 6.39. The molecule has 2 aromatic rings. The molecule has 1 heterocycles. The Morgan fingerprint density at radius 2 is 2.00 bits per heavy atom. The summed E-state index contributed by atoms with van der Waals surface area (Å²) in [4.78, 5) is 20.2. The smallest absolute Gasteiger partial charge is 0.437 e. The lowest BCUT2D eigenvalue weighted by Gasteiger charge is -2.11. The van der Waals surface area contributed by atoms with E-state index in [0.717, 1.165) is 0 Å². The van der Waals surface area contributed by atoms with Gasteiger partial charge in [-0.3, -0.25) is 4.84 Å². The van der Waals surface area contributed by atoms with Crippen LogP contribution in [0.4, 0.5) is 10.1 Å². The quantitative estimate of drug-likeness (QED) is 0.112. The van der Waals surface area contributed by atoms with Crippen LogP contribution in [0.3, 0.4) is 0 Å². The van der Waals surface area contributed by atoms with Crippen LogP contribution in [0, 0.1) is 21.1 Å². The van der Waals surface area contributed by atoms with E-state index in [1.165, 1.54) is 36.4 Å². The summed E-state index contributed by atoms with van der Waals surface area (Å²) in [6, 6.07) is 10.2. The highest BCUT2D eigenvalue weighted by atomic mass is 35.5. The molecule has 0 aliphatic carbocycles. The van der Waals surface area contributed by atoms with Crippen molar-refractivity contribution in [2.24, 2.45) is 10.1 Å². The summed E-state index contributed by atoms with van der Waals surface area (Å²) in [6.45, 7) is 0.123. The van der Waals surface area contributed by atoms with Crippen LogP contribution < -0.4 is 0 Å². The van der Waals surface area contributed by atoms with Gasteiger partial charge in [-0.05, 0) is 48.1 Å². The molecule has 32 heavy (non-hydrogen) atoms. The molecule has 0 saturated carbocycles. The number of nitro groups is 1. The third-order valence-corrected chi connectivity index (χ3v) is 4.79. The highest BCUT2D eigenvalue weighted by Crippen LogP contribution is 2.29. The molecule has 0 atom stereocenters. The summed E-state index contributed by atoms with van der Waals surface area (Å²) in [5.41, 5.74) is 0.224. The number of ether oxygens (including phenoxy) is 1. The normalized spacial score (nSPS) is 14.0. The van der Waals surface area contributed by atoms with E-state index in [9.17, 15) is 19.7 Å². The molecule has 11 heteroatoms. The first kappa shape index (κ1) is 23.3. The summed E-state index contributed by atoms with van der Waals surface area (Å²) in [5.74, 6) is -1.33. The second-order valence-corrected chi connectivity index (χ2v) is 7.23. The Bertz CT molecular complexity index is 1100. The van der Waals surface area contributed by atoms with Crippen LogP contribution in [-0.4, -0.2) is 53.8 Å². The highest BCUT2D eigenvalue weighted by Gasteiger charge is 2.33. The molecule has 0 radical (unpaired) electrons. The van der Waals surface area contributed by atoms with E-state index in [1.807, 2.05) is 0 Å². The number of fused-ring (bicyclic) bond motifs is 1. The van der Waals surface area contributed by atoms with Gasteiger partial charge in [0, 0.05) is 18.7 Å². The van der Waals surface area contributed by atoms with Crippen molar-refractivity contribution in [1.29, 1.82) is 0 Å². The van der Waals surface area contributed by atoms with E-state index in [1.54, 1.807) is 13.2 Å². The number of nitrogens with zero attached hydrogens (tertiary/aromatic N) is 4. The molecular formula is C21H20ClFN4O5. The molecule has 0 fully saturated rings. The molecule has 9 nitrogen and oxygen atoms in total. The summed E-state index contributed by atoms with van der Waals surface area (Å²) < 4.78 is 19.9. The fourth-order valence-corrected chi connectivity index (χ4v) is 3.26. The van der Waals surface area contributed by atoms with E-state index in [2.05, 4.69) is 10.1 Å². The minimum Gasteiger partial charge on any atom is -0.623 e. The van der Waals surface area contributed by atoms with E-state index in [4.69, 9.17) is 21.2 Å². The van der Waals surface area contributed by atoms with Crippen LogP contribution >= 0.6 is 11.6 Å². The first-order chi connectivity index (χ1) is 15.4. The Morgan fingerprint density at radius 3 is 2.72 bits per heavy atom. The number of unbranched alkanes of at least 4 members (excludes halogenated alkanes) is 1. The number of amidine groups is 1. The van der Waals surface area contributed by atoms with Crippen LogP contribution in [0.1, 0.15) is 24.0 Å². The number of aliphatic imine (C=N–C) groups is 1. The Balaban J connectivity index is 2.03.